The molecule has 0 aromatic heterocycles. The van der Waals surface area contributed by atoms with E-state index in [4.69, 9.17) is 0 Å². The highest BCUT2D eigenvalue weighted by Gasteiger charge is 2.47. The van der Waals surface area contributed by atoms with Gasteiger partial charge in [0.15, 0.2) is 0 Å². The van der Waals surface area contributed by atoms with E-state index in [0.29, 0.717) is 0 Å². The van der Waals surface area contributed by atoms with Gasteiger partial charge < -0.3 is 4.90 Å². The molecule has 12 rings (SSSR count). The fraction of sp³-hybridized carbons (Fsp3) is 0.0526. The summed E-state index contributed by atoms with van der Waals surface area (Å²) in [5.41, 5.74) is 24.0. The molecule has 1 aliphatic carbocycles. The van der Waals surface area contributed by atoms with E-state index in [9.17, 15) is 0 Å². The molecule has 0 heterocycles. The van der Waals surface area contributed by atoms with Gasteiger partial charge in [-0.3, -0.25) is 0 Å². The molecule has 0 radical (unpaired) electrons. The van der Waals surface area contributed by atoms with Gasteiger partial charge in [-0.2, -0.15) is 0 Å². The van der Waals surface area contributed by atoms with E-state index in [0.717, 1.165) is 28.2 Å². The van der Waals surface area contributed by atoms with Crippen molar-refractivity contribution in [1.29, 1.82) is 0 Å². The molecule has 0 amide bonds. The maximum Gasteiger partial charge on any atom is 0.0714 e. The van der Waals surface area contributed by atoms with Crippen LogP contribution in [-0.4, -0.2) is 0 Å². The van der Waals surface area contributed by atoms with Crippen LogP contribution in [0.3, 0.4) is 0 Å². The first-order valence-corrected chi connectivity index (χ1v) is 26.5. The maximum absolute atomic E-state index is 4.05. The van der Waals surface area contributed by atoms with Crippen LogP contribution in [0.15, 0.2) is 317 Å². The minimum atomic E-state index is -0.490. The smallest absolute Gasteiger partial charge is 0.0714 e. The van der Waals surface area contributed by atoms with Crippen LogP contribution < -0.4 is 4.90 Å². The number of benzene rings is 11. The summed E-state index contributed by atoms with van der Waals surface area (Å²) in [5, 5.41) is 0. The van der Waals surface area contributed by atoms with Crippen LogP contribution in [0.2, 0.25) is 0 Å². The van der Waals surface area contributed by atoms with Crippen molar-refractivity contribution in [2.24, 2.45) is 0 Å². The second-order valence-corrected chi connectivity index (χ2v) is 19.5. The van der Waals surface area contributed by atoms with Crippen LogP contribution in [0.4, 0.5) is 17.1 Å². The first kappa shape index (κ1) is 50.9. The van der Waals surface area contributed by atoms with Gasteiger partial charge in [0.2, 0.25) is 0 Å². The number of hydrogen-bond donors (Lipinski definition) is 0. The highest BCUT2D eigenvalue weighted by Crippen LogP contribution is 2.59. The minimum absolute atomic E-state index is 0.490. The topological polar surface area (TPSA) is 3.24 Å². The highest BCUT2D eigenvalue weighted by molar-refractivity contribution is 5.97. The van der Waals surface area contributed by atoms with E-state index in [1.54, 1.807) is 0 Å². The predicted molar refractivity (Wildman–Crippen MR) is 330 cm³/mol. The lowest BCUT2D eigenvalue weighted by atomic mass is 9.67. The van der Waals surface area contributed by atoms with E-state index >= 15 is 0 Å². The van der Waals surface area contributed by atoms with E-state index in [2.05, 4.69) is 312 Å². The summed E-state index contributed by atoms with van der Waals surface area (Å²) in [7, 11) is 0. The zero-order chi connectivity index (χ0) is 53.0. The van der Waals surface area contributed by atoms with Crippen LogP contribution in [0.1, 0.15) is 44.5 Å². The van der Waals surface area contributed by atoms with Gasteiger partial charge in [0.05, 0.1) is 11.1 Å². The highest BCUT2D eigenvalue weighted by atomic mass is 15.1. The third kappa shape index (κ3) is 10.9. The standard InChI is InChI=1S/C50H39N.2C13H12/c1-4-16-37(5-2)39-27-31-43(32-28-39)51(44-33-29-40(30-34-44)38-18-8-6-9-19-38)48-26-15-25-47-49(48)45-23-12-13-24-46(45)50(47,41-20-10-7-11-21-41)42-22-14-17-36(3)35-42;1-11-7-5-6-10-13(11)12-8-3-2-4-9-12;1-11-7-9-13(10-8-11)12-5-3-2-4-6-12/h4-35H,1-2H2,3H3;2*2-10H,1H3/b37-16+;;. The van der Waals surface area contributed by atoms with Crippen molar-refractivity contribution in [3.63, 3.8) is 0 Å². The van der Waals surface area contributed by atoms with Crippen molar-refractivity contribution >= 4 is 22.6 Å². The lowest BCUT2D eigenvalue weighted by Gasteiger charge is -2.34. The largest absolute Gasteiger partial charge is 0.310 e. The molecule has 1 unspecified atom stereocenters. The fourth-order valence-electron chi connectivity index (χ4n) is 10.8. The quantitative estimate of drug-likeness (QED) is 0.117. The number of aryl methyl sites for hydroxylation is 3. The Hall–Kier alpha value is -9.56. The van der Waals surface area contributed by atoms with Crippen LogP contribution in [0, 0.1) is 20.8 Å². The summed E-state index contributed by atoms with van der Waals surface area (Å²) in [6.45, 7) is 14.4. The Morgan fingerprint density at radius 3 is 1.42 bits per heavy atom. The van der Waals surface area contributed by atoms with E-state index in [1.165, 1.54) is 83.5 Å². The second-order valence-electron chi connectivity index (χ2n) is 19.5. The molecule has 0 saturated carbocycles. The van der Waals surface area contributed by atoms with Gasteiger partial charge in [-0.1, -0.05) is 297 Å². The number of hydrogen-bond acceptors (Lipinski definition) is 1. The van der Waals surface area contributed by atoms with Gasteiger partial charge in [0, 0.05) is 16.9 Å². The third-order valence-corrected chi connectivity index (χ3v) is 14.5. The van der Waals surface area contributed by atoms with Crippen molar-refractivity contribution in [3.8, 4) is 44.5 Å². The number of fused-ring (bicyclic) bond motifs is 3. The van der Waals surface area contributed by atoms with Gasteiger partial charge in [0.1, 0.15) is 0 Å². The molecule has 0 fully saturated rings. The molecule has 0 aliphatic heterocycles. The Labute approximate surface area is 456 Å². The molecule has 1 heteroatoms. The Morgan fingerprint density at radius 2 is 0.844 bits per heavy atom. The predicted octanol–water partition coefficient (Wildman–Crippen LogP) is 20.6. The molecule has 0 bridgehead atoms. The monoisotopic (exact) mass is 989 g/mol. The number of anilines is 3. The van der Waals surface area contributed by atoms with Crippen LogP contribution in [0.25, 0.3) is 50.1 Å². The molecule has 372 valence electrons. The average molecular weight is 990 g/mol. The van der Waals surface area contributed by atoms with Crippen molar-refractivity contribution in [2.75, 3.05) is 4.90 Å². The Balaban J connectivity index is 0.000000209. The first-order valence-electron chi connectivity index (χ1n) is 26.5. The lowest BCUT2D eigenvalue weighted by Crippen LogP contribution is -2.28. The molecule has 11 aromatic rings. The van der Waals surface area contributed by atoms with Gasteiger partial charge >= 0.3 is 0 Å². The van der Waals surface area contributed by atoms with Crippen molar-refractivity contribution in [3.05, 3.63) is 361 Å². The molecule has 0 saturated heterocycles. The van der Waals surface area contributed by atoms with E-state index in [-0.39, 0.29) is 0 Å². The van der Waals surface area contributed by atoms with E-state index < -0.39 is 5.41 Å². The molecule has 0 spiro atoms. The Bertz CT molecular complexity index is 3760. The average Bonchev–Trinajstić information content (AvgIpc) is 3.88. The molecule has 1 nitrogen and oxygen atoms in total. The molecule has 1 aliphatic rings. The number of nitrogens with zero attached hydrogens (tertiary/aromatic N) is 1. The summed E-state index contributed by atoms with van der Waals surface area (Å²) in [6, 6.07) is 102. The van der Waals surface area contributed by atoms with Gasteiger partial charge in [-0.15, -0.1) is 0 Å². The van der Waals surface area contributed by atoms with Crippen LogP contribution in [0.5, 0.6) is 0 Å². The fourth-order valence-corrected chi connectivity index (χ4v) is 10.8. The molecular weight excluding hydrogens is 927 g/mol. The molecule has 77 heavy (non-hydrogen) atoms. The number of allylic oxidation sites excluding steroid dienone is 4. The van der Waals surface area contributed by atoms with Gasteiger partial charge in [0.25, 0.3) is 0 Å². The lowest BCUT2D eigenvalue weighted by molar-refractivity contribution is 0.767. The van der Waals surface area contributed by atoms with Crippen LogP contribution in [-0.2, 0) is 5.41 Å². The van der Waals surface area contributed by atoms with Crippen molar-refractivity contribution < 1.29 is 0 Å². The SMILES string of the molecule is C=C/C=C(\C=C)c1ccc(N(c2ccc(-c3ccccc3)cc2)c2cccc3c2-c2ccccc2C3(c2ccccc2)c2cccc(C)c2)cc1.Cc1ccc(-c2ccccc2)cc1.Cc1ccccc1-c1ccccc1. The molecule has 0 N–H and O–H groups in total. The third-order valence-electron chi connectivity index (χ3n) is 14.5. The zero-order valence-electron chi connectivity index (χ0n) is 44.2. The van der Waals surface area contributed by atoms with Crippen molar-refractivity contribution in [1.82, 2.24) is 0 Å². The Morgan fingerprint density at radius 1 is 0.377 bits per heavy atom. The maximum atomic E-state index is 4.05. The van der Waals surface area contributed by atoms with Crippen molar-refractivity contribution in [2.45, 2.75) is 26.2 Å². The normalized spacial score (nSPS) is 13.1. The van der Waals surface area contributed by atoms with Gasteiger partial charge in [-0.05, 0) is 129 Å². The van der Waals surface area contributed by atoms with Gasteiger partial charge in [-0.25, -0.2) is 0 Å². The summed E-state index contributed by atoms with van der Waals surface area (Å²) in [5.74, 6) is 0. The summed E-state index contributed by atoms with van der Waals surface area (Å²) < 4.78 is 0. The molecule has 11 aromatic carbocycles. The van der Waals surface area contributed by atoms with E-state index in [1.807, 2.05) is 30.4 Å². The molecule has 1 atom stereocenters. The zero-order valence-corrected chi connectivity index (χ0v) is 44.2. The first-order chi connectivity index (χ1) is 37.9. The van der Waals surface area contributed by atoms with Crippen LogP contribution >= 0.6 is 0 Å². The minimum Gasteiger partial charge on any atom is -0.310 e. The summed E-state index contributed by atoms with van der Waals surface area (Å²) >= 11 is 0. The molecular formula is C76H63N. The Kier molecular flexibility index (Phi) is 15.7. The summed E-state index contributed by atoms with van der Waals surface area (Å²) in [6.07, 6.45) is 5.69. The number of rotatable bonds is 11. The second kappa shape index (κ2) is 23.8. The summed E-state index contributed by atoms with van der Waals surface area (Å²) in [4.78, 5) is 2.41.